The molecule has 6 nitrogen and oxygen atoms in total. The molecule has 2 aromatic rings. The first-order valence-electron chi connectivity index (χ1n) is 7.89. The van der Waals surface area contributed by atoms with E-state index in [0.29, 0.717) is 12.0 Å². The fraction of sp³-hybridized carbons (Fsp3) is 0.278. The number of esters is 1. The minimum absolute atomic E-state index is 0.203. The smallest absolute Gasteiger partial charge is 0.321 e. The Labute approximate surface area is 150 Å². The Morgan fingerprint density at radius 1 is 1.12 bits per heavy atom. The lowest BCUT2D eigenvalue weighted by Crippen LogP contribution is -2.41. The highest BCUT2D eigenvalue weighted by Crippen LogP contribution is 2.19. The first-order valence-corrected chi connectivity index (χ1v) is 8.77. The summed E-state index contributed by atoms with van der Waals surface area (Å²) in [4.78, 5) is 36.9. The van der Waals surface area contributed by atoms with Crippen LogP contribution in [0.4, 0.5) is 4.79 Å². The van der Waals surface area contributed by atoms with Crippen molar-refractivity contribution in [3.05, 3.63) is 58.3 Å². The van der Waals surface area contributed by atoms with E-state index in [1.165, 1.54) is 11.9 Å². The van der Waals surface area contributed by atoms with Gasteiger partial charge >= 0.3 is 12.0 Å². The molecule has 132 valence electrons. The van der Waals surface area contributed by atoms with Crippen LogP contribution in [-0.4, -0.2) is 25.0 Å². The second kappa shape index (κ2) is 9.58. The van der Waals surface area contributed by atoms with E-state index in [-0.39, 0.29) is 6.42 Å². The van der Waals surface area contributed by atoms with Gasteiger partial charge in [-0.3, -0.25) is 14.9 Å². The van der Waals surface area contributed by atoms with Crippen LogP contribution in [0.3, 0.4) is 0 Å². The highest BCUT2D eigenvalue weighted by atomic mass is 32.1. The number of carbonyl (C=O) groups excluding carboxylic acids is 3. The number of hydrogen-bond donors (Lipinski definition) is 2. The molecule has 0 aliphatic heterocycles. The van der Waals surface area contributed by atoms with Crippen LogP contribution in [0.2, 0.25) is 0 Å². The number of nitrogens with one attached hydrogen (secondary N) is 2. The number of thiophene rings is 1. The Balaban J connectivity index is 1.96. The molecule has 0 aliphatic carbocycles. The van der Waals surface area contributed by atoms with Gasteiger partial charge in [-0.2, -0.15) is 0 Å². The maximum absolute atomic E-state index is 12.3. The third-order valence-electron chi connectivity index (χ3n) is 3.44. The molecule has 0 saturated carbocycles. The highest BCUT2D eigenvalue weighted by molar-refractivity contribution is 7.09. The van der Waals surface area contributed by atoms with E-state index >= 15 is 0 Å². The maximum Gasteiger partial charge on any atom is 0.321 e. The summed E-state index contributed by atoms with van der Waals surface area (Å²) in [7, 11) is 1.40. The Kier molecular flexibility index (Phi) is 7.16. The number of imide groups is 1. The normalized spacial score (nSPS) is 11.4. The van der Waals surface area contributed by atoms with Gasteiger partial charge in [0.25, 0.3) is 5.91 Å². The van der Waals surface area contributed by atoms with E-state index in [1.54, 1.807) is 41.7 Å². The number of carbonyl (C=O) groups is 3. The summed E-state index contributed by atoms with van der Waals surface area (Å²) in [6, 6.07) is 11.9. The van der Waals surface area contributed by atoms with E-state index in [2.05, 4.69) is 10.6 Å². The maximum atomic E-state index is 12.3. The molecule has 2 rings (SSSR count). The molecule has 0 fully saturated rings. The van der Waals surface area contributed by atoms with Gasteiger partial charge in [-0.25, -0.2) is 4.79 Å². The number of ether oxygens (including phenoxy) is 1. The van der Waals surface area contributed by atoms with Gasteiger partial charge in [0.2, 0.25) is 6.10 Å². The number of benzene rings is 1. The topological polar surface area (TPSA) is 84.5 Å². The minimum atomic E-state index is -1.16. The molecule has 3 amide bonds. The second-order valence-corrected chi connectivity index (χ2v) is 6.31. The summed E-state index contributed by atoms with van der Waals surface area (Å²) < 4.78 is 5.34. The van der Waals surface area contributed by atoms with Crippen molar-refractivity contribution in [2.75, 3.05) is 7.05 Å². The van der Waals surface area contributed by atoms with Crippen molar-refractivity contribution in [1.82, 2.24) is 10.6 Å². The summed E-state index contributed by atoms with van der Waals surface area (Å²) in [6.45, 7) is 0. The van der Waals surface area contributed by atoms with E-state index in [0.717, 1.165) is 6.42 Å². The molecule has 1 heterocycles. The summed E-state index contributed by atoms with van der Waals surface area (Å²) in [6.07, 6.45) is 0.465. The van der Waals surface area contributed by atoms with E-state index in [1.807, 2.05) is 17.5 Å². The van der Waals surface area contributed by atoms with Crippen LogP contribution >= 0.6 is 11.3 Å². The zero-order valence-electron chi connectivity index (χ0n) is 13.9. The Morgan fingerprint density at radius 3 is 2.52 bits per heavy atom. The molecule has 1 aromatic carbocycles. The molecule has 0 unspecified atom stereocenters. The SMILES string of the molecule is CNC(=O)NC(=O)[C@H](OC(=O)CCCc1cccs1)c1ccccc1. The van der Waals surface area contributed by atoms with Crippen LogP contribution < -0.4 is 10.6 Å². The fourth-order valence-electron chi connectivity index (χ4n) is 2.19. The van der Waals surface area contributed by atoms with Crippen LogP contribution in [0.15, 0.2) is 47.8 Å². The third-order valence-corrected chi connectivity index (χ3v) is 4.37. The molecule has 0 spiro atoms. The molecule has 7 heteroatoms. The van der Waals surface area contributed by atoms with Crippen LogP contribution in [0, 0.1) is 0 Å². The van der Waals surface area contributed by atoms with Gasteiger partial charge in [0.1, 0.15) is 0 Å². The molecule has 1 atom stereocenters. The quantitative estimate of drug-likeness (QED) is 0.744. The molecule has 0 bridgehead atoms. The van der Waals surface area contributed by atoms with Crippen molar-refractivity contribution in [2.24, 2.45) is 0 Å². The van der Waals surface area contributed by atoms with Gasteiger partial charge in [0.15, 0.2) is 0 Å². The highest BCUT2D eigenvalue weighted by Gasteiger charge is 2.26. The first-order chi connectivity index (χ1) is 12.1. The summed E-state index contributed by atoms with van der Waals surface area (Å²) in [5.74, 6) is -1.16. The van der Waals surface area contributed by atoms with Crippen LogP contribution in [0.25, 0.3) is 0 Å². The second-order valence-electron chi connectivity index (χ2n) is 5.28. The number of urea groups is 1. The lowest BCUT2D eigenvalue weighted by atomic mass is 10.1. The standard InChI is InChI=1S/C18H20N2O4S/c1-19-18(23)20-17(22)16(13-7-3-2-4-8-13)24-15(21)11-5-9-14-10-6-12-25-14/h2-4,6-8,10,12,16H,5,9,11H2,1H3,(H2,19,20,22,23)/t16-/m1/s1. The molecular weight excluding hydrogens is 340 g/mol. The lowest BCUT2D eigenvalue weighted by Gasteiger charge is -2.17. The van der Waals surface area contributed by atoms with Crippen molar-refractivity contribution >= 4 is 29.2 Å². The molecule has 25 heavy (non-hydrogen) atoms. The Morgan fingerprint density at radius 2 is 1.88 bits per heavy atom. The average Bonchev–Trinajstić information content (AvgIpc) is 3.13. The molecule has 0 aliphatic rings. The average molecular weight is 360 g/mol. The Bertz CT molecular complexity index is 701. The lowest BCUT2D eigenvalue weighted by molar-refractivity contribution is -0.156. The van der Waals surface area contributed by atoms with E-state index in [9.17, 15) is 14.4 Å². The molecule has 2 N–H and O–H groups in total. The van der Waals surface area contributed by atoms with Gasteiger partial charge in [-0.15, -0.1) is 11.3 Å². The fourth-order valence-corrected chi connectivity index (χ4v) is 2.94. The van der Waals surface area contributed by atoms with Crippen molar-refractivity contribution in [3.8, 4) is 0 Å². The van der Waals surface area contributed by atoms with Crippen molar-refractivity contribution < 1.29 is 19.1 Å². The Hall–Kier alpha value is -2.67. The monoisotopic (exact) mass is 360 g/mol. The van der Waals surface area contributed by atoms with Crippen molar-refractivity contribution in [3.63, 3.8) is 0 Å². The van der Waals surface area contributed by atoms with Crippen LogP contribution in [0.5, 0.6) is 0 Å². The van der Waals surface area contributed by atoms with E-state index < -0.39 is 24.0 Å². The summed E-state index contributed by atoms with van der Waals surface area (Å²) in [5.41, 5.74) is 0.510. The third kappa shape index (κ3) is 6.04. The first kappa shape index (κ1) is 18.7. The van der Waals surface area contributed by atoms with Crippen molar-refractivity contribution in [2.45, 2.75) is 25.4 Å². The molecular formula is C18H20N2O4S. The molecule has 0 radical (unpaired) electrons. The number of rotatable bonds is 7. The predicted molar refractivity (Wildman–Crippen MR) is 95.1 cm³/mol. The van der Waals surface area contributed by atoms with Gasteiger partial charge in [-0.05, 0) is 24.3 Å². The predicted octanol–water partition coefficient (Wildman–Crippen LogP) is 2.81. The molecule has 1 aromatic heterocycles. The van der Waals surface area contributed by atoms with Gasteiger partial charge in [-0.1, -0.05) is 36.4 Å². The van der Waals surface area contributed by atoms with Crippen LogP contribution in [0.1, 0.15) is 29.4 Å². The minimum Gasteiger partial charge on any atom is -0.447 e. The summed E-state index contributed by atoms with van der Waals surface area (Å²) in [5, 5.41) is 6.43. The number of aryl methyl sites for hydroxylation is 1. The van der Waals surface area contributed by atoms with Gasteiger partial charge < -0.3 is 10.1 Å². The molecule has 0 saturated heterocycles. The summed E-state index contributed by atoms with van der Waals surface area (Å²) >= 11 is 1.64. The number of hydrogen-bond acceptors (Lipinski definition) is 5. The van der Waals surface area contributed by atoms with E-state index in [4.69, 9.17) is 4.74 Å². The number of amides is 3. The van der Waals surface area contributed by atoms with Crippen LogP contribution in [-0.2, 0) is 20.7 Å². The van der Waals surface area contributed by atoms with Gasteiger partial charge in [0, 0.05) is 23.9 Å². The zero-order chi connectivity index (χ0) is 18.1. The zero-order valence-corrected chi connectivity index (χ0v) is 14.7. The van der Waals surface area contributed by atoms with Gasteiger partial charge in [0.05, 0.1) is 0 Å². The van der Waals surface area contributed by atoms with Crippen molar-refractivity contribution in [1.29, 1.82) is 0 Å². The largest absolute Gasteiger partial charge is 0.447 e.